The summed E-state index contributed by atoms with van der Waals surface area (Å²) < 4.78 is 31.4. The van der Waals surface area contributed by atoms with Gasteiger partial charge < -0.3 is 15.5 Å². The summed E-state index contributed by atoms with van der Waals surface area (Å²) in [6.45, 7) is 1.66. The number of furan rings is 1. The number of hydrogen-bond acceptors (Lipinski definition) is 3. The Morgan fingerprint density at radius 3 is 2.67 bits per heavy atom. The van der Waals surface area contributed by atoms with Crippen molar-refractivity contribution in [1.29, 1.82) is 0 Å². The van der Waals surface area contributed by atoms with E-state index in [1.165, 1.54) is 12.3 Å². The highest BCUT2D eigenvalue weighted by Crippen LogP contribution is 2.25. The maximum Gasteiger partial charge on any atom is 0.291 e. The maximum atomic E-state index is 13.5. The smallest absolute Gasteiger partial charge is 0.291 e. The zero-order chi connectivity index (χ0) is 13.3. The number of anilines is 2. The highest BCUT2D eigenvalue weighted by Gasteiger charge is 2.18. The zero-order valence-corrected chi connectivity index (χ0v) is 9.46. The van der Waals surface area contributed by atoms with Gasteiger partial charge in [-0.3, -0.25) is 4.79 Å². The van der Waals surface area contributed by atoms with Crippen LogP contribution in [0.1, 0.15) is 16.1 Å². The molecule has 94 valence electrons. The first-order valence-electron chi connectivity index (χ1n) is 5.09. The van der Waals surface area contributed by atoms with E-state index in [2.05, 4.69) is 5.32 Å². The van der Waals surface area contributed by atoms with Gasteiger partial charge in [-0.1, -0.05) is 0 Å². The molecule has 4 nitrogen and oxygen atoms in total. The molecule has 0 fully saturated rings. The minimum absolute atomic E-state index is 0.0260. The summed E-state index contributed by atoms with van der Waals surface area (Å²) >= 11 is 0. The molecule has 0 bridgehead atoms. The maximum absolute atomic E-state index is 13.5. The van der Waals surface area contributed by atoms with E-state index in [9.17, 15) is 13.6 Å². The third-order valence-corrected chi connectivity index (χ3v) is 2.43. The number of nitrogens with one attached hydrogen (secondary N) is 1. The SMILES string of the molecule is Cc1ccoc1C(=O)Nc1c(N)ccc(F)c1F. The van der Waals surface area contributed by atoms with Gasteiger partial charge in [0.2, 0.25) is 0 Å². The number of aryl methyl sites for hydroxylation is 1. The first-order valence-corrected chi connectivity index (χ1v) is 5.09. The number of benzene rings is 1. The van der Waals surface area contributed by atoms with E-state index in [4.69, 9.17) is 10.2 Å². The molecule has 1 aromatic carbocycles. The Balaban J connectivity index is 2.33. The molecular formula is C12H10F2N2O2. The molecule has 18 heavy (non-hydrogen) atoms. The molecule has 0 radical (unpaired) electrons. The minimum atomic E-state index is -1.20. The van der Waals surface area contributed by atoms with Crippen molar-refractivity contribution in [1.82, 2.24) is 0 Å². The van der Waals surface area contributed by atoms with Crippen molar-refractivity contribution in [2.75, 3.05) is 11.1 Å². The number of nitrogen functional groups attached to an aromatic ring is 1. The van der Waals surface area contributed by atoms with E-state index in [1.54, 1.807) is 13.0 Å². The normalized spacial score (nSPS) is 10.4. The van der Waals surface area contributed by atoms with E-state index in [1.807, 2.05) is 0 Å². The quantitative estimate of drug-likeness (QED) is 0.807. The predicted octanol–water partition coefficient (Wildman–Crippen LogP) is 2.70. The van der Waals surface area contributed by atoms with Gasteiger partial charge >= 0.3 is 0 Å². The van der Waals surface area contributed by atoms with Crippen LogP contribution in [0.15, 0.2) is 28.9 Å². The predicted molar refractivity (Wildman–Crippen MR) is 62.2 cm³/mol. The lowest BCUT2D eigenvalue weighted by Gasteiger charge is -2.08. The number of rotatable bonds is 2. The molecule has 0 saturated heterocycles. The number of halogens is 2. The molecule has 3 N–H and O–H groups in total. The monoisotopic (exact) mass is 252 g/mol. The Kier molecular flexibility index (Phi) is 3.01. The standard InChI is InChI=1S/C12H10F2N2O2/c1-6-4-5-18-11(6)12(17)16-10-8(15)3-2-7(13)9(10)14/h2-5H,15H2,1H3,(H,16,17). The molecule has 2 rings (SSSR count). The van der Waals surface area contributed by atoms with Gasteiger partial charge in [0.05, 0.1) is 12.0 Å². The number of nitrogens with two attached hydrogens (primary N) is 1. The van der Waals surface area contributed by atoms with Crippen molar-refractivity contribution in [3.63, 3.8) is 0 Å². The van der Waals surface area contributed by atoms with E-state index in [0.29, 0.717) is 5.56 Å². The van der Waals surface area contributed by atoms with E-state index in [0.717, 1.165) is 6.07 Å². The number of carbonyl (C=O) groups excluding carboxylic acids is 1. The summed E-state index contributed by atoms with van der Waals surface area (Å²) in [5.41, 5.74) is 5.61. The number of amides is 1. The van der Waals surface area contributed by atoms with Crippen LogP contribution in [0.4, 0.5) is 20.2 Å². The summed E-state index contributed by atoms with van der Waals surface area (Å²) in [4.78, 5) is 11.8. The highest BCUT2D eigenvalue weighted by atomic mass is 19.2. The van der Waals surface area contributed by atoms with Crippen molar-refractivity contribution < 1.29 is 18.0 Å². The molecule has 6 heteroatoms. The summed E-state index contributed by atoms with van der Waals surface area (Å²) in [5, 5.41) is 2.19. The van der Waals surface area contributed by atoms with Crippen molar-refractivity contribution in [3.05, 3.63) is 47.4 Å². The van der Waals surface area contributed by atoms with E-state index >= 15 is 0 Å². The minimum Gasteiger partial charge on any atom is -0.459 e. The average Bonchev–Trinajstić information content (AvgIpc) is 2.76. The summed E-state index contributed by atoms with van der Waals surface area (Å²) in [7, 11) is 0. The van der Waals surface area contributed by atoms with Gasteiger partial charge in [-0.2, -0.15) is 0 Å². The lowest BCUT2D eigenvalue weighted by atomic mass is 10.2. The van der Waals surface area contributed by atoms with Gasteiger partial charge in [-0.15, -0.1) is 0 Å². The number of carbonyl (C=O) groups is 1. The first-order chi connectivity index (χ1) is 8.50. The lowest BCUT2D eigenvalue weighted by Crippen LogP contribution is -2.15. The molecule has 0 aliphatic heterocycles. The fraction of sp³-hybridized carbons (Fsp3) is 0.0833. The Labute approximate surface area is 101 Å². The Morgan fingerprint density at radius 2 is 2.06 bits per heavy atom. The van der Waals surface area contributed by atoms with Gasteiger partial charge in [0.1, 0.15) is 5.69 Å². The number of hydrogen-bond donors (Lipinski definition) is 2. The topological polar surface area (TPSA) is 68.3 Å². The van der Waals surface area contributed by atoms with Gasteiger partial charge in [-0.25, -0.2) is 8.78 Å². The van der Waals surface area contributed by atoms with Crippen LogP contribution in [0.2, 0.25) is 0 Å². The molecular weight excluding hydrogens is 242 g/mol. The van der Waals surface area contributed by atoms with E-state index in [-0.39, 0.29) is 11.4 Å². The van der Waals surface area contributed by atoms with E-state index < -0.39 is 23.2 Å². The molecule has 0 unspecified atom stereocenters. The first kappa shape index (κ1) is 12.1. The fourth-order valence-electron chi connectivity index (χ4n) is 1.47. The van der Waals surface area contributed by atoms with Crippen molar-refractivity contribution >= 4 is 17.3 Å². The molecule has 1 aromatic heterocycles. The summed E-state index contributed by atoms with van der Waals surface area (Å²) in [6, 6.07) is 3.64. The van der Waals surface area contributed by atoms with Crippen LogP contribution in [0.3, 0.4) is 0 Å². The molecule has 0 spiro atoms. The van der Waals surface area contributed by atoms with Gasteiger partial charge in [0, 0.05) is 5.56 Å². The molecule has 0 aliphatic rings. The van der Waals surface area contributed by atoms with Crippen molar-refractivity contribution in [3.8, 4) is 0 Å². The van der Waals surface area contributed by atoms with Crippen LogP contribution in [-0.4, -0.2) is 5.91 Å². The molecule has 0 aliphatic carbocycles. The molecule has 0 saturated carbocycles. The molecule has 1 heterocycles. The Hall–Kier alpha value is -2.37. The molecule has 0 atom stereocenters. The second-order valence-corrected chi connectivity index (χ2v) is 3.71. The van der Waals surface area contributed by atoms with Gasteiger partial charge in [0.25, 0.3) is 5.91 Å². The second kappa shape index (κ2) is 4.48. The van der Waals surface area contributed by atoms with Crippen LogP contribution < -0.4 is 11.1 Å². The molecule has 2 aromatic rings. The lowest BCUT2D eigenvalue weighted by molar-refractivity contribution is 0.0995. The Bertz CT molecular complexity index is 608. The third kappa shape index (κ3) is 2.04. The van der Waals surface area contributed by atoms with Crippen LogP contribution in [-0.2, 0) is 0 Å². The van der Waals surface area contributed by atoms with Crippen molar-refractivity contribution in [2.24, 2.45) is 0 Å². The highest BCUT2D eigenvalue weighted by molar-refractivity contribution is 6.04. The van der Waals surface area contributed by atoms with Crippen LogP contribution >= 0.6 is 0 Å². The summed E-state index contributed by atoms with van der Waals surface area (Å²) in [6.07, 6.45) is 1.33. The second-order valence-electron chi connectivity index (χ2n) is 3.71. The van der Waals surface area contributed by atoms with Crippen LogP contribution in [0, 0.1) is 18.6 Å². The largest absolute Gasteiger partial charge is 0.459 e. The van der Waals surface area contributed by atoms with Crippen LogP contribution in [0.25, 0.3) is 0 Å². The zero-order valence-electron chi connectivity index (χ0n) is 9.46. The van der Waals surface area contributed by atoms with Crippen molar-refractivity contribution in [2.45, 2.75) is 6.92 Å². The average molecular weight is 252 g/mol. The molecule has 1 amide bonds. The third-order valence-electron chi connectivity index (χ3n) is 2.43. The summed E-state index contributed by atoms with van der Waals surface area (Å²) in [5.74, 6) is -2.95. The van der Waals surface area contributed by atoms with Gasteiger partial charge in [-0.05, 0) is 25.1 Å². The fourth-order valence-corrected chi connectivity index (χ4v) is 1.47. The van der Waals surface area contributed by atoms with Crippen LogP contribution in [0.5, 0.6) is 0 Å². The van der Waals surface area contributed by atoms with Gasteiger partial charge in [0.15, 0.2) is 17.4 Å². The Morgan fingerprint density at radius 1 is 1.33 bits per heavy atom.